The summed E-state index contributed by atoms with van der Waals surface area (Å²) in [6, 6.07) is 3.97. The third-order valence-electron chi connectivity index (χ3n) is 4.15. The lowest BCUT2D eigenvalue weighted by Gasteiger charge is -2.37. The van der Waals surface area contributed by atoms with Crippen LogP contribution in [0.5, 0.6) is 0 Å². The predicted octanol–water partition coefficient (Wildman–Crippen LogP) is 2.59. The van der Waals surface area contributed by atoms with Gasteiger partial charge in [0.1, 0.15) is 16.3 Å². The molecule has 2 fully saturated rings. The minimum absolute atomic E-state index is 0.0916. The number of thiophene rings is 1. The van der Waals surface area contributed by atoms with Crippen molar-refractivity contribution in [2.24, 2.45) is 0 Å². The van der Waals surface area contributed by atoms with Crippen molar-refractivity contribution in [1.29, 1.82) is 0 Å². The number of piperidine rings is 1. The van der Waals surface area contributed by atoms with Crippen molar-refractivity contribution in [3.05, 3.63) is 28.6 Å². The lowest BCUT2D eigenvalue weighted by atomic mass is 9.93. The van der Waals surface area contributed by atoms with Crippen LogP contribution in [0, 0.1) is 0 Å². The van der Waals surface area contributed by atoms with Gasteiger partial charge in [0.25, 0.3) is 5.91 Å². The van der Waals surface area contributed by atoms with E-state index in [2.05, 4.69) is 10.3 Å². The molecule has 0 aliphatic carbocycles. The van der Waals surface area contributed by atoms with Crippen molar-refractivity contribution in [2.75, 3.05) is 19.6 Å². The molecule has 2 aliphatic heterocycles. The first-order chi connectivity index (χ1) is 11.2. The highest BCUT2D eigenvalue weighted by molar-refractivity contribution is 7.20. The highest BCUT2D eigenvalue weighted by atomic mass is 32.1. The van der Waals surface area contributed by atoms with E-state index in [1.54, 1.807) is 21.6 Å². The molecule has 0 aromatic carbocycles. The van der Waals surface area contributed by atoms with E-state index in [4.69, 9.17) is 4.74 Å². The molecule has 1 N–H and O–H groups in total. The van der Waals surface area contributed by atoms with Crippen LogP contribution in [0.3, 0.4) is 0 Å². The van der Waals surface area contributed by atoms with Crippen LogP contribution in [-0.4, -0.2) is 47.1 Å². The number of ether oxygens (including phenoxy) is 1. The molecule has 4 heterocycles. The fraction of sp³-hybridized carbons (Fsp3) is 0.400. The maximum Gasteiger partial charge on any atom is 0.407 e. The minimum atomic E-state index is -0.572. The Kier molecular flexibility index (Phi) is 3.57. The van der Waals surface area contributed by atoms with Gasteiger partial charge in [-0.1, -0.05) is 6.07 Å². The molecule has 4 rings (SSSR count). The largest absolute Gasteiger partial charge is 0.439 e. The van der Waals surface area contributed by atoms with Crippen molar-refractivity contribution in [3.63, 3.8) is 0 Å². The minimum Gasteiger partial charge on any atom is -0.439 e. The molecule has 1 atom stereocenters. The van der Waals surface area contributed by atoms with E-state index in [1.807, 2.05) is 17.5 Å². The number of carbonyl (C=O) groups excluding carboxylic acids is 2. The zero-order chi connectivity index (χ0) is 15.9. The number of nitrogens with zero attached hydrogens (tertiary/aromatic N) is 2. The SMILES string of the molecule is O=C1NC[C@]2(CCCN(C(=O)c3csc(-c4cccs4)n3)C2)O1. The molecule has 6 nitrogen and oxygen atoms in total. The van der Waals surface area contributed by atoms with Crippen molar-refractivity contribution in [2.45, 2.75) is 18.4 Å². The van der Waals surface area contributed by atoms with Gasteiger partial charge in [-0.15, -0.1) is 22.7 Å². The summed E-state index contributed by atoms with van der Waals surface area (Å²) < 4.78 is 5.41. The predicted molar refractivity (Wildman–Crippen MR) is 87.8 cm³/mol. The number of rotatable bonds is 2. The van der Waals surface area contributed by atoms with Gasteiger partial charge in [0.05, 0.1) is 18.0 Å². The zero-order valence-electron chi connectivity index (χ0n) is 12.3. The second kappa shape index (κ2) is 5.61. The Hall–Kier alpha value is -1.93. The van der Waals surface area contributed by atoms with Crippen LogP contribution in [0.4, 0.5) is 4.79 Å². The fourth-order valence-corrected chi connectivity index (χ4v) is 4.66. The van der Waals surface area contributed by atoms with Gasteiger partial charge >= 0.3 is 6.09 Å². The lowest BCUT2D eigenvalue weighted by molar-refractivity contribution is -0.00520. The first-order valence-corrected chi connectivity index (χ1v) is 9.17. The molecule has 2 aromatic heterocycles. The molecule has 23 heavy (non-hydrogen) atoms. The number of amides is 2. The topological polar surface area (TPSA) is 71.5 Å². The number of aromatic nitrogens is 1. The zero-order valence-corrected chi connectivity index (χ0v) is 13.9. The van der Waals surface area contributed by atoms with Gasteiger partial charge < -0.3 is 15.0 Å². The van der Waals surface area contributed by atoms with E-state index in [0.29, 0.717) is 25.3 Å². The second-order valence-electron chi connectivity index (χ2n) is 5.77. The number of carbonyl (C=O) groups is 2. The normalized spacial score (nSPS) is 23.8. The van der Waals surface area contributed by atoms with Gasteiger partial charge in [-0.2, -0.15) is 0 Å². The number of thiazole rings is 1. The Morgan fingerprint density at radius 3 is 3.09 bits per heavy atom. The summed E-state index contributed by atoms with van der Waals surface area (Å²) >= 11 is 3.09. The summed E-state index contributed by atoms with van der Waals surface area (Å²) in [7, 11) is 0. The third kappa shape index (κ3) is 2.72. The van der Waals surface area contributed by atoms with Crippen molar-refractivity contribution in [3.8, 4) is 9.88 Å². The van der Waals surface area contributed by atoms with Gasteiger partial charge in [0, 0.05) is 11.9 Å². The van der Waals surface area contributed by atoms with Gasteiger partial charge in [0.15, 0.2) is 0 Å². The van der Waals surface area contributed by atoms with E-state index in [9.17, 15) is 9.59 Å². The molecule has 120 valence electrons. The number of hydrogen-bond acceptors (Lipinski definition) is 6. The van der Waals surface area contributed by atoms with E-state index in [1.165, 1.54) is 11.3 Å². The molecule has 2 aliphatic rings. The first kappa shape index (κ1) is 14.6. The number of likely N-dealkylation sites (tertiary alicyclic amines) is 1. The van der Waals surface area contributed by atoms with Gasteiger partial charge in [-0.05, 0) is 24.3 Å². The molecular weight excluding hydrogens is 334 g/mol. The van der Waals surface area contributed by atoms with Crippen LogP contribution >= 0.6 is 22.7 Å². The van der Waals surface area contributed by atoms with Crippen molar-refractivity contribution < 1.29 is 14.3 Å². The number of nitrogens with one attached hydrogen (secondary N) is 1. The summed E-state index contributed by atoms with van der Waals surface area (Å²) in [6.07, 6.45) is 1.21. The lowest BCUT2D eigenvalue weighted by Crippen LogP contribution is -2.52. The molecule has 0 bridgehead atoms. The van der Waals surface area contributed by atoms with E-state index < -0.39 is 11.7 Å². The van der Waals surface area contributed by atoms with Crippen molar-refractivity contribution >= 4 is 34.7 Å². The third-order valence-corrected chi connectivity index (χ3v) is 6.03. The Labute approximate surface area is 141 Å². The summed E-state index contributed by atoms with van der Waals surface area (Å²) in [5.41, 5.74) is -0.106. The monoisotopic (exact) mass is 349 g/mol. The number of alkyl carbamates (subject to hydrolysis) is 1. The fourth-order valence-electron chi connectivity index (χ4n) is 3.05. The molecule has 0 saturated carbocycles. The maximum absolute atomic E-state index is 12.7. The van der Waals surface area contributed by atoms with E-state index in [-0.39, 0.29) is 5.91 Å². The molecule has 2 saturated heterocycles. The van der Waals surface area contributed by atoms with Crippen LogP contribution in [0.2, 0.25) is 0 Å². The van der Waals surface area contributed by atoms with Crippen LogP contribution < -0.4 is 5.32 Å². The Bertz CT molecular complexity index is 743. The quantitative estimate of drug-likeness (QED) is 0.905. The summed E-state index contributed by atoms with van der Waals surface area (Å²) in [5, 5.41) is 7.35. The highest BCUT2D eigenvalue weighted by Gasteiger charge is 2.45. The summed E-state index contributed by atoms with van der Waals surface area (Å²) in [5.74, 6) is -0.0916. The Morgan fingerprint density at radius 1 is 1.43 bits per heavy atom. The molecule has 2 aromatic rings. The van der Waals surface area contributed by atoms with Crippen LogP contribution in [-0.2, 0) is 4.74 Å². The van der Waals surface area contributed by atoms with Crippen LogP contribution in [0.25, 0.3) is 9.88 Å². The number of hydrogen-bond donors (Lipinski definition) is 1. The summed E-state index contributed by atoms with van der Waals surface area (Å²) in [4.78, 5) is 31.4. The van der Waals surface area contributed by atoms with Crippen molar-refractivity contribution in [1.82, 2.24) is 15.2 Å². The van der Waals surface area contributed by atoms with Gasteiger partial charge in [-0.25, -0.2) is 9.78 Å². The smallest absolute Gasteiger partial charge is 0.407 e. The average Bonchev–Trinajstić information content (AvgIpc) is 3.27. The molecule has 2 amide bonds. The summed E-state index contributed by atoms with van der Waals surface area (Å²) in [6.45, 7) is 1.56. The molecular formula is C15H15N3O3S2. The molecule has 8 heteroatoms. The van der Waals surface area contributed by atoms with Gasteiger partial charge in [-0.3, -0.25) is 4.79 Å². The molecule has 0 unspecified atom stereocenters. The van der Waals surface area contributed by atoms with E-state index in [0.717, 1.165) is 22.7 Å². The maximum atomic E-state index is 12.7. The van der Waals surface area contributed by atoms with Crippen LogP contribution in [0.1, 0.15) is 23.3 Å². The Morgan fingerprint density at radius 2 is 2.35 bits per heavy atom. The molecule has 0 radical (unpaired) electrons. The Balaban J connectivity index is 1.51. The van der Waals surface area contributed by atoms with Gasteiger partial charge in [0.2, 0.25) is 0 Å². The highest BCUT2D eigenvalue weighted by Crippen LogP contribution is 2.31. The van der Waals surface area contributed by atoms with E-state index >= 15 is 0 Å². The second-order valence-corrected chi connectivity index (χ2v) is 7.58. The standard InChI is InChI=1S/C15H15N3O3S2/c19-13(10-7-23-12(17-10)11-3-1-6-22-11)18-5-2-4-15(9-18)8-16-14(20)21-15/h1,3,6-7H,2,4-5,8-9H2,(H,16,20)/t15-/m0/s1. The first-order valence-electron chi connectivity index (χ1n) is 7.41. The van der Waals surface area contributed by atoms with Crippen LogP contribution in [0.15, 0.2) is 22.9 Å². The molecule has 1 spiro atoms. The average molecular weight is 349 g/mol.